The standard InChI is InChI=1S/C18H22N2O3/c1-23-18(22)15-6-3-5-14(11-15)17-19-8-9-20(17)16-7-2-4-13(10-16)12-21/h3,5-6,8-9,11,13,16,21H,2,4,7,10,12H2,1H3/t13-,16-/m1/s1. The monoisotopic (exact) mass is 314 g/mol. The molecule has 5 nitrogen and oxygen atoms in total. The van der Waals surface area contributed by atoms with Gasteiger partial charge in [0, 0.05) is 30.6 Å². The number of aliphatic hydroxyl groups is 1. The number of nitrogens with zero attached hydrogens (tertiary/aromatic N) is 2. The van der Waals surface area contributed by atoms with E-state index in [9.17, 15) is 9.90 Å². The average molecular weight is 314 g/mol. The second kappa shape index (κ2) is 6.96. The van der Waals surface area contributed by atoms with Gasteiger partial charge in [-0.15, -0.1) is 0 Å². The molecule has 1 aromatic heterocycles. The van der Waals surface area contributed by atoms with Crippen LogP contribution in [0.3, 0.4) is 0 Å². The van der Waals surface area contributed by atoms with Crippen molar-refractivity contribution in [1.29, 1.82) is 0 Å². The summed E-state index contributed by atoms with van der Waals surface area (Å²) in [5.41, 5.74) is 1.43. The van der Waals surface area contributed by atoms with Gasteiger partial charge in [-0.05, 0) is 37.3 Å². The summed E-state index contributed by atoms with van der Waals surface area (Å²) in [5.74, 6) is 0.882. The fourth-order valence-electron chi connectivity index (χ4n) is 3.42. The third kappa shape index (κ3) is 3.29. The van der Waals surface area contributed by atoms with Crippen molar-refractivity contribution >= 4 is 5.97 Å². The highest BCUT2D eigenvalue weighted by Crippen LogP contribution is 2.35. The van der Waals surface area contributed by atoms with Crippen LogP contribution in [0, 0.1) is 5.92 Å². The maximum atomic E-state index is 11.7. The SMILES string of the molecule is COC(=O)c1cccc(-c2nccn2[C@@H]2CCC[C@@H](CO)C2)c1. The Balaban J connectivity index is 1.90. The Morgan fingerprint density at radius 3 is 3.09 bits per heavy atom. The van der Waals surface area contributed by atoms with Gasteiger partial charge >= 0.3 is 5.97 Å². The topological polar surface area (TPSA) is 64.3 Å². The molecule has 0 aliphatic heterocycles. The number of aromatic nitrogens is 2. The van der Waals surface area contributed by atoms with E-state index in [1.165, 1.54) is 7.11 Å². The molecule has 1 aromatic carbocycles. The van der Waals surface area contributed by atoms with Crippen LogP contribution in [0.15, 0.2) is 36.7 Å². The first-order chi connectivity index (χ1) is 11.2. The number of carbonyl (C=O) groups excluding carboxylic acids is 1. The molecular weight excluding hydrogens is 292 g/mol. The summed E-state index contributed by atoms with van der Waals surface area (Å²) in [5, 5.41) is 9.44. The highest BCUT2D eigenvalue weighted by Gasteiger charge is 2.24. The van der Waals surface area contributed by atoms with Crippen molar-refractivity contribution in [1.82, 2.24) is 9.55 Å². The maximum absolute atomic E-state index is 11.7. The Labute approximate surface area is 135 Å². The Morgan fingerprint density at radius 2 is 2.30 bits per heavy atom. The largest absolute Gasteiger partial charge is 0.465 e. The van der Waals surface area contributed by atoms with Crippen LogP contribution in [-0.2, 0) is 4.74 Å². The molecule has 0 unspecified atom stereocenters. The number of esters is 1. The lowest BCUT2D eigenvalue weighted by Crippen LogP contribution is -2.21. The van der Waals surface area contributed by atoms with E-state index in [1.54, 1.807) is 12.3 Å². The summed E-state index contributed by atoms with van der Waals surface area (Å²) in [6, 6.07) is 7.71. The van der Waals surface area contributed by atoms with E-state index in [4.69, 9.17) is 4.74 Å². The molecule has 0 radical (unpaired) electrons. The predicted molar refractivity (Wildman–Crippen MR) is 87.1 cm³/mol. The summed E-state index contributed by atoms with van der Waals surface area (Å²) in [6.45, 7) is 0.248. The molecule has 1 N–H and O–H groups in total. The molecular formula is C18H22N2O3. The first-order valence-electron chi connectivity index (χ1n) is 8.05. The van der Waals surface area contributed by atoms with Gasteiger partial charge in [0.15, 0.2) is 0 Å². The number of hydrogen-bond donors (Lipinski definition) is 1. The molecule has 0 bridgehead atoms. The zero-order valence-electron chi connectivity index (χ0n) is 13.3. The maximum Gasteiger partial charge on any atom is 0.337 e. The molecule has 23 heavy (non-hydrogen) atoms. The fourth-order valence-corrected chi connectivity index (χ4v) is 3.42. The van der Waals surface area contributed by atoms with Gasteiger partial charge in [0.2, 0.25) is 0 Å². The zero-order chi connectivity index (χ0) is 16.2. The van der Waals surface area contributed by atoms with Gasteiger partial charge in [0.1, 0.15) is 5.82 Å². The molecule has 1 fully saturated rings. The van der Waals surface area contributed by atoms with E-state index in [2.05, 4.69) is 9.55 Å². The Kier molecular flexibility index (Phi) is 4.76. The minimum atomic E-state index is -0.344. The summed E-state index contributed by atoms with van der Waals surface area (Å²) in [6.07, 6.45) is 8.06. The van der Waals surface area contributed by atoms with Crippen LogP contribution in [-0.4, -0.2) is 34.3 Å². The van der Waals surface area contributed by atoms with E-state index in [0.29, 0.717) is 17.5 Å². The molecule has 3 rings (SSSR count). The summed E-state index contributed by atoms with van der Waals surface area (Å²) >= 11 is 0. The van der Waals surface area contributed by atoms with Crippen molar-refractivity contribution < 1.29 is 14.6 Å². The number of hydrogen-bond acceptors (Lipinski definition) is 4. The number of carbonyl (C=O) groups is 1. The number of methoxy groups -OCH3 is 1. The molecule has 1 heterocycles. The fraction of sp³-hybridized carbons (Fsp3) is 0.444. The second-order valence-electron chi connectivity index (χ2n) is 6.10. The van der Waals surface area contributed by atoms with Crippen LogP contribution < -0.4 is 0 Å². The highest BCUT2D eigenvalue weighted by atomic mass is 16.5. The molecule has 0 spiro atoms. The quantitative estimate of drug-likeness (QED) is 0.881. The molecule has 122 valence electrons. The lowest BCUT2D eigenvalue weighted by Gasteiger charge is -2.30. The summed E-state index contributed by atoms with van der Waals surface area (Å²) in [4.78, 5) is 16.2. The normalized spacial score (nSPS) is 21.1. The van der Waals surface area contributed by atoms with Crippen LogP contribution in [0.2, 0.25) is 0 Å². The van der Waals surface area contributed by atoms with Crippen LogP contribution in [0.4, 0.5) is 0 Å². The molecule has 1 saturated carbocycles. The van der Waals surface area contributed by atoms with Crippen molar-refractivity contribution in [2.24, 2.45) is 5.92 Å². The van der Waals surface area contributed by atoms with Gasteiger partial charge in [-0.2, -0.15) is 0 Å². The van der Waals surface area contributed by atoms with Gasteiger partial charge in [-0.25, -0.2) is 9.78 Å². The molecule has 0 saturated heterocycles. The van der Waals surface area contributed by atoms with Gasteiger partial charge < -0.3 is 14.4 Å². The minimum Gasteiger partial charge on any atom is -0.465 e. The van der Waals surface area contributed by atoms with Crippen LogP contribution in [0.5, 0.6) is 0 Å². The number of rotatable bonds is 4. The van der Waals surface area contributed by atoms with Crippen LogP contribution >= 0.6 is 0 Å². The van der Waals surface area contributed by atoms with Crippen LogP contribution in [0.25, 0.3) is 11.4 Å². The smallest absolute Gasteiger partial charge is 0.337 e. The van der Waals surface area contributed by atoms with E-state index >= 15 is 0 Å². The molecule has 2 atom stereocenters. The second-order valence-corrected chi connectivity index (χ2v) is 6.10. The Bertz CT molecular complexity index is 680. The highest BCUT2D eigenvalue weighted by molar-refractivity contribution is 5.90. The lowest BCUT2D eigenvalue weighted by atomic mass is 9.86. The lowest BCUT2D eigenvalue weighted by molar-refractivity contribution is 0.0601. The molecule has 2 aromatic rings. The third-order valence-electron chi connectivity index (χ3n) is 4.62. The molecule has 1 aliphatic rings. The first-order valence-corrected chi connectivity index (χ1v) is 8.05. The van der Waals surface area contributed by atoms with Gasteiger partial charge in [0.05, 0.1) is 12.7 Å². The Hall–Kier alpha value is -2.14. The average Bonchev–Trinajstić information content (AvgIpc) is 3.11. The van der Waals surface area contributed by atoms with E-state index < -0.39 is 0 Å². The van der Waals surface area contributed by atoms with Crippen molar-refractivity contribution in [2.45, 2.75) is 31.7 Å². The molecule has 1 aliphatic carbocycles. The van der Waals surface area contributed by atoms with E-state index in [0.717, 1.165) is 37.1 Å². The van der Waals surface area contributed by atoms with E-state index in [1.807, 2.05) is 24.4 Å². The Morgan fingerprint density at radius 1 is 1.43 bits per heavy atom. The van der Waals surface area contributed by atoms with Crippen molar-refractivity contribution in [2.75, 3.05) is 13.7 Å². The van der Waals surface area contributed by atoms with Gasteiger partial charge in [-0.1, -0.05) is 18.6 Å². The number of benzene rings is 1. The number of imidazole rings is 1. The predicted octanol–water partition coefficient (Wildman–Crippen LogP) is 3.06. The molecule has 0 amide bonds. The van der Waals surface area contributed by atoms with Gasteiger partial charge in [0.25, 0.3) is 0 Å². The molecule has 5 heteroatoms. The van der Waals surface area contributed by atoms with E-state index in [-0.39, 0.29) is 12.6 Å². The first kappa shape index (κ1) is 15.7. The minimum absolute atomic E-state index is 0.248. The third-order valence-corrected chi connectivity index (χ3v) is 4.62. The zero-order valence-corrected chi connectivity index (χ0v) is 13.3. The van der Waals surface area contributed by atoms with Crippen LogP contribution in [0.1, 0.15) is 42.1 Å². The number of aliphatic hydroxyl groups excluding tert-OH is 1. The van der Waals surface area contributed by atoms with Crippen molar-refractivity contribution in [3.8, 4) is 11.4 Å². The van der Waals surface area contributed by atoms with Crippen molar-refractivity contribution in [3.05, 3.63) is 42.2 Å². The number of ether oxygens (including phenoxy) is 1. The van der Waals surface area contributed by atoms with Crippen molar-refractivity contribution in [3.63, 3.8) is 0 Å². The summed E-state index contributed by atoms with van der Waals surface area (Å²) in [7, 11) is 1.38. The summed E-state index contributed by atoms with van der Waals surface area (Å²) < 4.78 is 6.97. The van der Waals surface area contributed by atoms with Gasteiger partial charge in [-0.3, -0.25) is 0 Å².